The van der Waals surface area contributed by atoms with E-state index in [4.69, 9.17) is 9.47 Å². The first-order valence-corrected chi connectivity index (χ1v) is 12.2. The molecule has 0 saturated carbocycles. The number of ketones is 2. The second-order valence-corrected chi connectivity index (χ2v) is 10.2. The third kappa shape index (κ3) is 9.60. The molecule has 2 N–H and O–H groups in total. The highest BCUT2D eigenvalue weighted by Crippen LogP contribution is 2.20. The highest BCUT2D eigenvalue weighted by Gasteiger charge is 2.39. The number of cyclic esters (lactones) is 2. The molecule has 0 aliphatic carbocycles. The Labute approximate surface area is 209 Å². The summed E-state index contributed by atoms with van der Waals surface area (Å²) in [7, 11) is 3.21. The predicted octanol–water partition coefficient (Wildman–Crippen LogP) is 2.37. The van der Waals surface area contributed by atoms with Crippen LogP contribution in [-0.4, -0.2) is 97.6 Å². The Kier molecular flexibility index (Phi) is 11.9. The van der Waals surface area contributed by atoms with Gasteiger partial charge in [0.2, 0.25) is 0 Å². The zero-order valence-electron chi connectivity index (χ0n) is 22.6. The third-order valence-corrected chi connectivity index (χ3v) is 6.22. The van der Waals surface area contributed by atoms with Crippen LogP contribution in [0.15, 0.2) is 12.2 Å². The molecule has 1 aliphatic heterocycles. The fraction of sp³-hybridized carbons (Fsp3) is 0.760. The Morgan fingerprint density at radius 1 is 0.943 bits per heavy atom. The van der Waals surface area contributed by atoms with Crippen LogP contribution < -0.4 is 10.6 Å². The van der Waals surface area contributed by atoms with Gasteiger partial charge in [0.1, 0.15) is 13.2 Å². The summed E-state index contributed by atoms with van der Waals surface area (Å²) in [5, 5.41) is 6.52. The van der Waals surface area contributed by atoms with Gasteiger partial charge in [-0.3, -0.25) is 14.9 Å². The molecule has 10 heteroatoms. The summed E-state index contributed by atoms with van der Waals surface area (Å²) in [4.78, 5) is 54.0. The van der Waals surface area contributed by atoms with Crippen LogP contribution in [0.2, 0.25) is 0 Å². The molecule has 1 aliphatic rings. The van der Waals surface area contributed by atoms with Crippen molar-refractivity contribution >= 4 is 23.8 Å². The van der Waals surface area contributed by atoms with Crippen LogP contribution in [0.4, 0.5) is 9.59 Å². The van der Waals surface area contributed by atoms with Crippen molar-refractivity contribution < 1.29 is 28.7 Å². The molecule has 0 fully saturated rings. The van der Waals surface area contributed by atoms with Crippen molar-refractivity contribution in [3.05, 3.63) is 12.2 Å². The summed E-state index contributed by atoms with van der Waals surface area (Å²) in [6, 6.07) is 0.0243. The van der Waals surface area contributed by atoms with Crippen LogP contribution in [0, 0.1) is 5.92 Å². The van der Waals surface area contributed by atoms with Gasteiger partial charge in [-0.25, -0.2) is 9.59 Å². The van der Waals surface area contributed by atoms with Crippen molar-refractivity contribution in [1.82, 2.24) is 20.4 Å². The molecule has 200 valence electrons. The van der Waals surface area contributed by atoms with Crippen molar-refractivity contribution in [2.75, 3.05) is 46.9 Å². The molecule has 1 rings (SSSR count). The molecule has 0 bridgehead atoms. The number of carbonyl (C=O) groups is 4. The smallest absolute Gasteiger partial charge is 0.409 e. The molecule has 0 spiro atoms. The molecule has 2 amide bonds. The highest BCUT2D eigenvalue weighted by molar-refractivity contribution is 5.93. The molecular weight excluding hydrogens is 452 g/mol. The number of hydrogen-bond donors (Lipinski definition) is 2. The van der Waals surface area contributed by atoms with Crippen LogP contribution in [0.25, 0.3) is 0 Å². The number of ether oxygens (including phenoxy) is 2. The SMILES string of the molecule is CC(C)N[C@]1(C)CCN(C)C(=O)OC/C=C/COC(=O)N(C)CC[C@@](C)(C(=O)C(C)C)NCC1=O. The van der Waals surface area contributed by atoms with E-state index in [-0.39, 0.29) is 49.8 Å². The van der Waals surface area contributed by atoms with E-state index < -0.39 is 23.3 Å². The van der Waals surface area contributed by atoms with Crippen molar-refractivity contribution in [1.29, 1.82) is 0 Å². The Morgan fingerprint density at radius 2 is 1.43 bits per heavy atom. The van der Waals surface area contributed by atoms with Gasteiger partial charge in [-0.15, -0.1) is 0 Å². The molecule has 0 aromatic heterocycles. The van der Waals surface area contributed by atoms with E-state index in [1.54, 1.807) is 33.2 Å². The third-order valence-electron chi connectivity index (χ3n) is 6.22. The topological polar surface area (TPSA) is 117 Å². The molecule has 0 aromatic rings. The van der Waals surface area contributed by atoms with Crippen molar-refractivity contribution in [2.45, 2.75) is 71.5 Å². The molecular formula is C25H44N4O6. The number of hydrogen-bond acceptors (Lipinski definition) is 8. The highest BCUT2D eigenvalue weighted by atomic mass is 16.6. The van der Waals surface area contributed by atoms with Crippen molar-refractivity contribution in [3.63, 3.8) is 0 Å². The summed E-state index contributed by atoms with van der Waals surface area (Å²) >= 11 is 0. The predicted molar refractivity (Wildman–Crippen MR) is 134 cm³/mol. The van der Waals surface area contributed by atoms with Gasteiger partial charge in [0, 0.05) is 39.1 Å². The minimum Gasteiger partial charge on any atom is -0.445 e. The Morgan fingerprint density at radius 3 is 1.89 bits per heavy atom. The fourth-order valence-electron chi connectivity index (χ4n) is 3.90. The van der Waals surface area contributed by atoms with E-state index in [2.05, 4.69) is 10.6 Å². The number of amides is 2. The summed E-state index contributed by atoms with van der Waals surface area (Å²) in [6.45, 7) is 11.7. The first kappa shape index (κ1) is 30.6. The second-order valence-electron chi connectivity index (χ2n) is 10.2. The van der Waals surface area contributed by atoms with Gasteiger partial charge in [0.25, 0.3) is 0 Å². The summed E-state index contributed by atoms with van der Waals surface area (Å²) in [5.41, 5.74) is -1.94. The van der Waals surface area contributed by atoms with Gasteiger partial charge < -0.3 is 24.6 Å². The van der Waals surface area contributed by atoms with E-state index in [9.17, 15) is 19.2 Å². The van der Waals surface area contributed by atoms with Crippen LogP contribution in [0.5, 0.6) is 0 Å². The molecule has 0 radical (unpaired) electrons. The fourth-order valence-corrected chi connectivity index (χ4v) is 3.90. The maximum atomic E-state index is 13.4. The molecule has 0 saturated heterocycles. The summed E-state index contributed by atoms with van der Waals surface area (Å²) < 4.78 is 10.4. The van der Waals surface area contributed by atoms with E-state index in [0.717, 1.165) is 0 Å². The largest absolute Gasteiger partial charge is 0.445 e. The lowest BCUT2D eigenvalue weighted by Crippen LogP contribution is -2.60. The number of carbonyl (C=O) groups excluding carboxylic acids is 4. The first-order valence-electron chi connectivity index (χ1n) is 12.2. The maximum Gasteiger partial charge on any atom is 0.409 e. The monoisotopic (exact) mass is 496 g/mol. The van der Waals surface area contributed by atoms with Crippen LogP contribution in [0.3, 0.4) is 0 Å². The Bertz CT molecular complexity index is 784. The van der Waals surface area contributed by atoms with Gasteiger partial charge in [0.15, 0.2) is 11.6 Å². The van der Waals surface area contributed by atoms with Gasteiger partial charge >= 0.3 is 12.2 Å². The molecule has 2 atom stereocenters. The van der Waals surface area contributed by atoms with Crippen LogP contribution >= 0.6 is 0 Å². The van der Waals surface area contributed by atoms with Crippen LogP contribution in [0.1, 0.15) is 54.4 Å². The zero-order valence-corrected chi connectivity index (χ0v) is 22.6. The number of rotatable bonds is 4. The Balaban J connectivity index is 3.21. The van der Waals surface area contributed by atoms with Gasteiger partial charge in [-0.05, 0) is 52.7 Å². The Hall–Kier alpha value is -2.46. The van der Waals surface area contributed by atoms with E-state index in [1.165, 1.54) is 9.80 Å². The molecule has 0 unspecified atom stereocenters. The molecule has 10 nitrogen and oxygen atoms in total. The van der Waals surface area contributed by atoms with E-state index in [0.29, 0.717) is 19.4 Å². The standard InChI is InChI=1S/C25H44N4O6/c1-18(2)21(31)25(6)12-14-29(8)23(33)35-16-10-9-15-34-22(32)28(7)13-11-24(5,27-19(3)4)20(30)17-26-25/h9-10,18-19,26-27H,11-17H2,1-8H3/b10-9+/t24-,25+/m1/s1. The van der Waals surface area contributed by atoms with Crippen molar-refractivity contribution in [2.24, 2.45) is 5.92 Å². The van der Waals surface area contributed by atoms with Gasteiger partial charge in [0.05, 0.1) is 17.6 Å². The normalized spacial score (nSPS) is 27.7. The number of Topliss-reactive ketones (excluding diaryl/α,β-unsaturated/α-hetero) is 2. The maximum absolute atomic E-state index is 13.4. The van der Waals surface area contributed by atoms with Crippen molar-refractivity contribution in [3.8, 4) is 0 Å². The lowest BCUT2D eigenvalue weighted by Gasteiger charge is -2.36. The van der Waals surface area contributed by atoms with E-state index in [1.807, 2.05) is 34.6 Å². The second kappa shape index (κ2) is 13.6. The zero-order chi connectivity index (χ0) is 26.8. The number of nitrogens with one attached hydrogen (secondary N) is 2. The quantitative estimate of drug-likeness (QED) is 0.570. The number of nitrogens with zero attached hydrogens (tertiary/aromatic N) is 2. The lowest BCUT2D eigenvalue weighted by atomic mass is 9.84. The first-order chi connectivity index (χ1) is 16.2. The molecule has 0 aromatic carbocycles. The minimum absolute atomic E-state index is 0.0243. The lowest BCUT2D eigenvalue weighted by molar-refractivity contribution is -0.129. The van der Waals surface area contributed by atoms with Gasteiger partial charge in [-0.2, -0.15) is 0 Å². The van der Waals surface area contributed by atoms with Crippen LogP contribution in [-0.2, 0) is 19.1 Å². The molecule has 1 heterocycles. The molecule has 35 heavy (non-hydrogen) atoms. The minimum atomic E-state index is -1.01. The summed E-state index contributed by atoms with van der Waals surface area (Å²) in [5.74, 6) is -0.419. The average molecular weight is 497 g/mol. The summed E-state index contributed by atoms with van der Waals surface area (Å²) in [6.07, 6.45) is 2.84. The van der Waals surface area contributed by atoms with E-state index >= 15 is 0 Å². The average Bonchev–Trinajstić information content (AvgIpc) is 2.79. The van der Waals surface area contributed by atoms with Gasteiger partial charge in [-0.1, -0.05) is 13.8 Å².